The molecule has 0 saturated heterocycles. The van der Waals surface area contributed by atoms with Crippen molar-refractivity contribution >= 4 is 49.8 Å². The second-order valence-corrected chi connectivity index (χ2v) is 15.7. The summed E-state index contributed by atoms with van der Waals surface area (Å²) in [5.74, 6) is 0. The first-order valence-electron chi connectivity index (χ1n) is 19.8. The van der Waals surface area contributed by atoms with Crippen LogP contribution in [0.5, 0.6) is 0 Å². The smallest absolute Gasteiger partial charge is 0.136 e. The van der Waals surface area contributed by atoms with E-state index in [0.717, 1.165) is 50.1 Å². The summed E-state index contributed by atoms with van der Waals surface area (Å²) in [6.45, 7) is 4.69. The molecular formula is C55H39NO. The largest absolute Gasteiger partial charge is 0.456 e. The lowest BCUT2D eigenvalue weighted by Gasteiger charge is -2.28. The van der Waals surface area contributed by atoms with Crippen LogP contribution in [0, 0.1) is 0 Å². The first kappa shape index (κ1) is 33.2. The molecule has 1 heterocycles. The molecule has 1 aliphatic carbocycles. The summed E-state index contributed by atoms with van der Waals surface area (Å²) in [6, 6.07) is 72.5. The van der Waals surface area contributed by atoms with Crippen LogP contribution in [0.1, 0.15) is 25.0 Å². The van der Waals surface area contributed by atoms with Gasteiger partial charge in [0.25, 0.3) is 0 Å². The molecule has 1 aromatic heterocycles. The molecule has 0 amide bonds. The molecule has 57 heavy (non-hydrogen) atoms. The number of hydrogen-bond donors (Lipinski definition) is 0. The highest BCUT2D eigenvalue weighted by molar-refractivity contribution is 6.22. The minimum Gasteiger partial charge on any atom is -0.456 e. The van der Waals surface area contributed by atoms with Crippen LogP contribution in [0.4, 0.5) is 17.1 Å². The van der Waals surface area contributed by atoms with E-state index in [9.17, 15) is 0 Å². The first-order chi connectivity index (χ1) is 28.0. The predicted octanol–water partition coefficient (Wildman–Crippen LogP) is 15.5. The van der Waals surface area contributed by atoms with E-state index in [-0.39, 0.29) is 5.41 Å². The maximum Gasteiger partial charge on any atom is 0.136 e. The van der Waals surface area contributed by atoms with Gasteiger partial charge < -0.3 is 9.32 Å². The van der Waals surface area contributed by atoms with Crippen molar-refractivity contribution in [3.05, 3.63) is 211 Å². The van der Waals surface area contributed by atoms with Crippen molar-refractivity contribution < 1.29 is 4.42 Å². The molecule has 0 spiro atoms. The predicted molar refractivity (Wildman–Crippen MR) is 240 cm³/mol. The SMILES string of the molecule is CC1(C)c2ccccc2-c2ccc(N(c3ccccc3)c3ccc4oc5cc(-c6cc(-c7ccccc7)cc(-c7ccccc7)c6)c6ccccc6c5c4c3)cc21. The summed E-state index contributed by atoms with van der Waals surface area (Å²) >= 11 is 0. The van der Waals surface area contributed by atoms with E-state index in [2.05, 4.69) is 219 Å². The van der Waals surface area contributed by atoms with E-state index in [4.69, 9.17) is 4.42 Å². The minimum absolute atomic E-state index is 0.103. The molecule has 0 atom stereocenters. The van der Waals surface area contributed by atoms with Gasteiger partial charge >= 0.3 is 0 Å². The monoisotopic (exact) mass is 729 g/mol. The van der Waals surface area contributed by atoms with Crippen molar-refractivity contribution in [2.45, 2.75) is 19.3 Å². The molecule has 0 N–H and O–H groups in total. The highest BCUT2D eigenvalue weighted by Crippen LogP contribution is 2.51. The summed E-state index contributed by atoms with van der Waals surface area (Å²) in [6.07, 6.45) is 0. The molecule has 2 heteroatoms. The van der Waals surface area contributed by atoms with Crippen LogP contribution in [0.2, 0.25) is 0 Å². The van der Waals surface area contributed by atoms with Gasteiger partial charge in [0, 0.05) is 33.2 Å². The van der Waals surface area contributed by atoms with Crippen LogP contribution in [0.15, 0.2) is 205 Å². The van der Waals surface area contributed by atoms with Crippen molar-refractivity contribution in [2.24, 2.45) is 0 Å². The van der Waals surface area contributed by atoms with Crippen molar-refractivity contribution in [1.29, 1.82) is 0 Å². The van der Waals surface area contributed by atoms with E-state index in [1.165, 1.54) is 55.3 Å². The third-order valence-corrected chi connectivity index (χ3v) is 12.0. The van der Waals surface area contributed by atoms with Crippen LogP contribution in [0.3, 0.4) is 0 Å². The van der Waals surface area contributed by atoms with E-state index in [0.29, 0.717) is 0 Å². The van der Waals surface area contributed by atoms with Gasteiger partial charge in [-0.15, -0.1) is 0 Å². The number of para-hydroxylation sites is 1. The summed E-state index contributed by atoms with van der Waals surface area (Å²) in [5, 5.41) is 4.61. The first-order valence-corrected chi connectivity index (χ1v) is 19.8. The Hall–Kier alpha value is -7.16. The lowest BCUT2D eigenvalue weighted by Crippen LogP contribution is -2.16. The fraction of sp³-hybridized carbons (Fsp3) is 0.0545. The fourth-order valence-corrected chi connectivity index (χ4v) is 9.24. The summed E-state index contributed by atoms with van der Waals surface area (Å²) in [7, 11) is 0. The molecule has 0 saturated carbocycles. The molecule has 9 aromatic carbocycles. The Morgan fingerprint density at radius 1 is 0.351 bits per heavy atom. The number of benzene rings is 9. The molecule has 1 aliphatic rings. The Labute approximate surface area is 332 Å². The molecule has 0 unspecified atom stereocenters. The molecule has 2 nitrogen and oxygen atoms in total. The molecule has 0 bridgehead atoms. The van der Waals surface area contributed by atoms with Crippen molar-refractivity contribution in [3.63, 3.8) is 0 Å². The molecule has 270 valence electrons. The highest BCUT2D eigenvalue weighted by atomic mass is 16.3. The van der Waals surface area contributed by atoms with Crippen molar-refractivity contribution in [1.82, 2.24) is 0 Å². The van der Waals surface area contributed by atoms with Crippen LogP contribution in [0.25, 0.3) is 77.2 Å². The zero-order valence-electron chi connectivity index (χ0n) is 31.9. The summed E-state index contributed by atoms with van der Waals surface area (Å²) < 4.78 is 6.80. The van der Waals surface area contributed by atoms with E-state index >= 15 is 0 Å². The Morgan fingerprint density at radius 2 is 0.912 bits per heavy atom. The van der Waals surface area contributed by atoms with E-state index < -0.39 is 0 Å². The van der Waals surface area contributed by atoms with Crippen LogP contribution in [-0.2, 0) is 5.41 Å². The topological polar surface area (TPSA) is 16.4 Å². The lowest BCUT2D eigenvalue weighted by atomic mass is 9.82. The van der Waals surface area contributed by atoms with Gasteiger partial charge in [0.2, 0.25) is 0 Å². The van der Waals surface area contributed by atoms with Crippen molar-refractivity contribution in [2.75, 3.05) is 4.90 Å². The zero-order valence-corrected chi connectivity index (χ0v) is 31.9. The third-order valence-electron chi connectivity index (χ3n) is 12.0. The number of anilines is 3. The maximum absolute atomic E-state index is 6.80. The van der Waals surface area contributed by atoms with Gasteiger partial charge in [0.1, 0.15) is 11.2 Å². The summed E-state index contributed by atoms with van der Waals surface area (Å²) in [5.41, 5.74) is 17.4. The Balaban J connectivity index is 1.10. The van der Waals surface area contributed by atoms with Gasteiger partial charge in [-0.1, -0.05) is 147 Å². The van der Waals surface area contributed by atoms with Crippen molar-refractivity contribution in [3.8, 4) is 44.5 Å². The maximum atomic E-state index is 6.80. The van der Waals surface area contributed by atoms with Gasteiger partial charge in [-0.2, -0.15) is 0 Å². The van der Waals surface area contributed by atoms with Gasteiger partial charge in [-0.05, 0) is 133 Å². The molecule has 10 aromatic rings. The normalized spacial score (nSPS) is 12.9. The number of fused-ring (bicyclic) bond motifs is 8. The minimum atomic E-state index is -0.103. The van der Waals surface area contributed by atoms with Gasteiger partial charge in [-0.3, -0.25) is 0 Å². The Bertz CT molecular complexity index is 3080. The van der Waals surface area contributed by atoms with Gasteiger partial charge in [-0.25, -0.2) is 0 Å². The molecule has 0 fully saturated rings. The molecular weight excluding hydrogens is 691 g/mol. The lowest BCUT2D eigenvalue weighted by molar-refractivity contribution is 0.660. The second-order valence-electron chi connectivity index (χ2n) is 15.7. The van der Waals surface area contributed by atoms with Gasteiger partial charge in [0.05, 0.1) is 0 Å². The highest BCUT2D eigenvalue weighted by Gasteiger charge is 2.35. The quantitative estimate of drug-likeness (QED) is 0.169. The van der Waals surface area contributed by atoms with Crippen LogP contribution < -0.4 is 4.90 Å². The Kier molecular flexibility index (Phi) is 7.55. The molecule has 0 aliphatic heterocycles. The van der Waals surface area contributed by atoms with Crippen LogP contribution >= 0.6 is 0 Å². The fourth-order valence-electron chi connectivity index (χ4n) is 9.24. The van der Waals surface area contributed by atoms with Gasteiger partial charge in [0.15, 0.2) is 0 Å². The zero-order chi connectivity index (χ0) is 38.1. The number of hydrogen-bond acceptors (Lipinski definition) is 2. The standard InChI is InChI=1S/C55H39NO/c1-55(2)50-25-15-14-23-45(50)46-28-26-43(34-51(46)55)56(41-20-10-5-11-21-41)42-27-29-52-49(33-42)54-47-24-13-12-22-44(47)48(35-53(54)57-52)40-31-38(36-16-6-3-7-17-36)30-39(32-40)37-18-8-4-9-19-37/h3-35H,1-2H3. The number of nitrogens with zero attached hydrogens (tertiary/aromatic N) is 1. The van der Waals surface area contributed by atoms with Crippen LogP contribution in [-0.4, -0.2) is 0 Å². The summed E-state index contributed by atoms with van der Waals surface area (Å²) in [4.78, 5) is 2.38. The molecule has 11 rings (SSSR count). The average Bonchev–Trinajstić information content (AvgIpc) is 3.75. The third kappa shape index (κ3) is 5.40. The van der Waals surface area contributed by atoms with E-state index in [1.54, 1.807) is 0 Å². The second kappa shape index (κ2) is 13.0. The van der Waals surface area contributed by atoms with E-state index in [1.807, 2.05) is 0 Å². The number of furan rings is 1. The number of rotatable bonds is 6. The molecule has 0 radical (unpaired) electrons. The average molecular weight is 730 g/mol. The Morgan fingerprint density at radius 3 is 1.63 bits per heavy atom.